The van der Waals surface area contributed by atoms with Gasteiger partial charge in [0.05, 0.1) is 17.2 Å². The lowest BCUT2D eigenvalue weighted by atomic mass is 10.4. The van der Waals surface area contributed by atoms with Crippen molar-refractivity contribution in [2.45, 2.75) is 17.9 Å². The van der Waals surface area contributed by atoms with Crippen molar-refractivity contribution in [2.24, 2.45) is 4.99 Å². The molecule has 150 valence electrons. The first kappa shape index (κ1) is 22.1. The molecule has 0 aliphatic rings. The van der Waals surface area contributed by atoms with Gasteiger partial charge < -0.3 is 10.6 Å². The Morgan fingerprint density at radius 1 is 1.07 bits per heavy atom. The maximum Gasteiger partial charge on any atom is 0.191 e. The van der Waals surface area contributed by atoms with Crippen molar-refractivity contribution < 1.29 is 8.42 Å². The maximum absolute atomic E-state index is 12.3. The van der Waals surface area contributed by atoms with Gasteiger partial charge in [0.25, 0.3) is 0 Å². The Labute approximate surface area is 181 Å². The summed E-state index contributed by atoms with van der Waals surface area (Å²) in [7, 11) is -1.59. The van der Waals surface area contributed by atoms with Crippen molar-refractivity contribution in [2.75, 3.05) is 19.3 Å². The molecule has 0 aliphatic carbocycles. The quantitative estimate of drug-likeness (QED) is 0.216. The number of guanidine groups is 1. The van der Waals surface area contributed by atoms with E-state index in [2.05, 4.69) is 25.8 Å². The summed E-state index contributed by atoms with van der Waals surface area (Å²) in [5.41, 5.74) is 0.781. The highest BCUT2D eigenvalue weighted by atomic mass is 127. The number of aromatic nitrogens is 3. The number of pyridine rings is 1. The summed E-state index contributed by atoms with van der Waals surface area (Å²) in [5, 5.41) is 14.5. The van der Waals surface area contributed by atoms with Crippen LogP contribution in [0.15, 0.2) is 64.6 Å². The fraction of sp³-hybridized carbons (Fsp3) is 0.278. The average molecular weight is 514 g/mol. The van der Waals surface area contributed by atoms with Crippen molar-refractivity contribution in [3.63, 3.8) is 0 Å². The van der Waals surface area contributed by atoms with E-state index in [1.165, 1.54) is 0 Å². The molecule has 0 saturated carbocycles. The Balaban J connectivity index is 0.00000280. The van der Waals surface area contributed by atoms with Gasteiger partial charge in [-0.3, -0.25) is 9.39 Å². The molecule has 3 rings (SSSR count). The van der Waals surface area contributed by atoms with Gasteiger partial charge in [-0.15, -0.1) is 34.2 Å². The smallest absolute Gasteiger partial charge is 0.191 e. The predicted octanol–water partition coefficient (Wildman–Crippen LogP) is 1.88. The summed E-state index contributed by atoms with van der Waals surface area (Å²) in [6, 6.07) is 14.2. The van der Waals surface area contributed by atoms with Crippen LogP contribution >= 0.6 is 24.0 Å². The number of hydrogen-bond donors (Lipinski definition) is 2. The Kier molecular flexibility index (Phi) is 8.18. The molecule has 0 bridgehead atoms. The highest BCUT2D eigenvalue weighted by Crippen LogP contribution is 2.10. The molecule has 2 heterocycles. The zero-order valence-corrected chi connectivity index (χ0v) is 18.6. The van der Waals surface area contributed by atoms with Gasteiger partial charge in [0.2, 0.25) is 0 Å². The molecule has 0 unspecified atom stereocenters. The monoisotopic (exact) mass is 514 g/mol. The Hall–Kier alpha value is -2.21. The third-order valence-electron chi connectivity index (χ3n) is 4.01. The molecule has 0 spiro atoms. The molecule has 1 aromatic carbocycles. The standard InChI is InChI=1S/C18H22N6O2S.HI/c1-19-18(21-14-17-23-22-16-10-5-6-12-24(16)17)20-11-7-13-27(25,26)15-8-3-2-4-9-15;/h2-6,8-10,12H,7,11,13-14H2,1H3,(H2,19,20,21);1H. The Morgan fingerprint density at radius 2 is 1.82 bits per heavy atom. The van der Waals surface area contributed by atoms with Gasteiger partial charge in [-0.05, 0) is 30.7 Å². The normalized spacial score (nSPS) is 11.8. The van der Waals surface area contributed by atoms with E-state index in [9.17, 15) is 8.42 Å². The van der Waals surface area contributed by atoms with Crippen LogP contribution in [-0.4, -0.2) is 48.3 Å². The number of rotatable bonds is 7. The number of sulfone groups is 1. The van der Waals surface area contributed by atoms with Crippen LogP contribution in [-0.2, 0) is 16.4 Å². The lowest BCUT2D eigenvalue weighted by Crippen LogP contribution is -2.38. The van der Waals surface area contributed by atoms with Crippen LogP contribution in [0.25, 0.3) is 5.65 Å². The molecular weight excluding hydrogens is 491 g/mol. The molecule has 28 heavy (non-hydrogen) atoms. The van der Waals surface area contributed by atoms with Gasteiger partial charge in [0.15, 0.2) is 27.3 Å². The largest absolute Gasteiger partial charge is 0.356 e. The van der Waals surface area contributed by atoms with Crippen LogP contribution < -0.4 is 10.6 Å². The topological polar surface area (TPSA) is 101 Å². The SMILES string of the molecule is CN=C(NCCCS(=O)(=O)c1ccccc1)NCc1nnc2ccccn12.I. The van der Waals surface area contributed by atoms with Crippen LogP contribution in [0.5, 0.6) is 0 Å². The number of aliphatic imine (C=N–C) groups is 1. The minimum Gasteiger partial charge on any atom is -0.356 e. The van der Waals surface area contributed by atoms with E-state index in [0.717, 1.165) is 11.5 Å². The maximum atomic E-state index is 12.3. The summed E-state index contributed by atoms with van der Waals surface area (Å²) in [4.78, 5) is 4.50. The van der Waals surface area contributed by atoms with Crippen molar-refractivity contribution in [1.29, 1.82) is 0 Å². The molecule has 0 fully saturated rings. The van der Waals surface area contributed by atoms with Gasteiger partial charge in [0, 0.05) is 19.8 Å². The van der Waals surface area contributed by atoms with E-state index in [4.69, 9.17) is 0 Å². The summed E-state index contributed by atoms with van der Waals surface area (Å²) < 4.78 is 26.4. The average Bonchev–Trinajstić information content (AvgIpc) is 3.11. The van der Waals surface area contributed by atoms with Gasteiger partial charge in [-0.25, -0.2) is 8.42 Å². The molecule has 0 atom stereocenters. The summed E-state index contributed by atoms with van der Waals surface area (Å²) in [6.45, 7) is 0.944. The van der Waals surface area contributed by atoms with E-state index in [-0.39, 0.29) is 29.7 Å². The van der Waals surface area contributed by atoms with Gasteiger partial charge in [-0.1, -0.05) is 24.3 Å². The summed E-state index contributed by atoms with van der Waals surface area (Å²) >= 11 is 0. The molecule has 2 N–H and O–H groups in total. The minimum atomic E-state index is -3.26. The first-order valence-electron chi connectivity index (χ1n) is 8.61. The molecule has 2 aromatic heterocycles. The number of benzene rings is 1. The Bertz CT molecular complexity index is 1020. The van der Waals surface area contributed by atoms with Crippen LogP contribution in [0, 0.1) is 0 Å². The van der Waals surface area contributed by atoms with Gasteiger partial charge in [0.1, 0.15) is 0 Å². The van der Waals surface area contributed by atoms with Gasteiger partial charge >= 0.3 is 0 Å². The summed E-state index contributed by atoms with van der Waals surface area (Å²) in [6.07, 6.45) is 2.38. The zero-order chi connectivity index (χ0) is 19.1. The van der Waals surface area contributed by atoms with Crippen LogP contribution in [0.4, 0.5) is 0 Å². The second kappa shape index (κ2) is 10.4. The molecule has 10 heteroatoms. The minimum absolute atomic E-state index is 0. The molecule has 0 amide bonds. The molecular formula is C18H23IN6O2S. The lowest BCUT2D eigenvalue weighted by Gasteiger charge is -2.11. The van der Waals surface area contributed by atoms with Crippen molar-refractivity contribution in [3.05, 3.63) is 60.6 Å². The molecule has 0 radical (unpaired) electrons. The highest BCUT2D eigenvalue weighted by Gasteiger charge is 2.13. The number of halogens is 1. The fourth-order valence-electron chi connectivity index (χ4n) is 2.61. The first-order valence-corrected chi connectivity index (χ1v) is 10.3. The number of hydrogen-bond acceptors (Lipinski definition) is 5. The highest BCUT2D eigenvalue weighted by molar-refractivity contribution is 14.0. The zero-order valence-electron chi connectivity index (χ0n) is 15.4. The third kappa shape index (κ3) is 5.64. The molecule has 0 saturated heterocycles. The van der Waals surface area contributed by atoms with E-state index >= 15 is 0 Å². The predicted molar refractivity (Wildman–Crippen MR) is 120 cm³/mol. The van der Waals surface area contributed by atoms with E-state index < -0.39 is 9.84 Å². The summed E-state index contributed by atoms with van der Waals surface area (Å²) in [5.74, 6) is 1.43. The number of nitrogens with zero attached hydrogens (tertiary/aromatic N) is 4. The lowest BCUT2D eigenvalue weighted by molar-refractivity contribution is 0.592. The van der Waals surface area contributed by atoms with Crippen molar-refractivity contribution in [1.82, 2.24) is 25.2 Å². The van der Waals surface area contributed by atoms with Gasteiger partial charge in [-0.2, -0.15) is 0 Å². The van der Waals surface area contributed by atoms with Crippen LogP contribution in [0.3, 0.4) is 0 Å². The Morgan fingerprint density at radius 3 is 2.57 bits per heavy atom. The third-order valence-corrected chi connectivity index (χ3v) is 5.82. The second-order valence-electron chi connectivity index (χ2n) is 5.88. The number of nitrogens with one attached hydrogen (secondary N) is 2. The van der Waals surface area contributed by atoms with Crippen LogP contribution in [0.1, 0.15) is 12.2 Å². The van der Waals surface area contributed by atoms with E-state index in [1.54, 1.807) is 37.4 Å². The molecule has 3 aromatic rings. The van der Waals surface area contributed by atoms with Crippen molar-refractivity contribution in [3.8, 4) is 0 Å². The first-order chi connectivity index (χ1) is 13.1. The van der Waals surface area contributed by atoms with Crippen LogP contribution in [0.2, 0.25) is 0 Å². The fourth-order valence-corrected chi connectivity index (χ4v) is 3.94. The molecule has 0 aliphatic heterocycles. The molecule has 8 nitrogen and oxygen atoms in total. The second-order valence-corrected chi connectivity index (χ2v) is 7.99. The van der Waals surface area contributed by atoms with Crippen molar-refractivity contribution >= 4 is 45.4 Å². The van der Waals surface area contributed by atoms with E-state index in [1.807, 2.05) is 28.8 Å². The van der Waals surface area contributed by atoms with E-state index in [0.29, 0.717) is 30.4 Å². The number of fused-ring (bicyclic) bond motifs is 1.